The highest BCUT2D eigenvalue weighted by molar-refractivity contribution is 5.91. The molecule has 1 saturated carbocycles. The molecule has 1 heterocycles. The summed E-state index contributed by atoms with van der Waals surface area (Å²) in [5.74, 6) is 1.82. The van der Waals surface area contributed by atoms with Crippen LogP contribution in [0.4, 0.5) is 5.82 Å². The van der Waals surface area contributed by atoms with E-state index in [1.807, 2.05) is 40.0 Å². The second-order valence-electron chi connectivity index (χ2n) is 7.38. The number of oxime groups is 1. The summed E-state index contributed by atoms with van der Waals surface area (Å²) in [6.07, 6.45) is 2.02. The molecular formula is C21H27N5O2. The number of rotatable bonds is 6. The fourth-order valence-electron chi connectivity index (χ4n) is 3.00. The molecular weight excluding hydrogens is 354 g/mol. The molecule has 1 aliphatic rings. The van der Waals surface area contributed by atoms with Crippen LogP contribution in [0.25, 0.3) is 0 Å². The van der Waals surface area contributed by atoms with Crippen molar-refractivity contribution in [3.8, 4) is 0 Å². The highest BCUT2D eigenvalue weighted by Gasteiger charge is 2.26. The van der Waals surface area contributed by atoms with Crippen molar-refractivity contribution in [1.82, 2.24) is 9.97 Å². The summed E-state index contributed by atoms with van der Waals surface area (Å²) in [4.78, 5) is 28.2. The predicted molar refractivity (Wildman–Crippen MR) is 109 cm³/mol. The second-order valence-corrected chi connectivity index (χ2v) is 7.38. The molecule has 0 radical (unpaired) electrons. The molecule has 7 heteroatoms. The zero-order chi connectivity index (χ0) is 20.4. The van der Waals surface area contributed by atoms with Gasteiger partial charge in [-0.1, -0.05) is 17.3 Å². The van der Waals surface area contributed by atoms with Gasteiger partial charge in [0, 0.05) is 24.2 Å². The molecule has 2 aromatic rings. The second kappa shape index (κ2) is 7.96. The Labute approximate surface area is 165 Å². The van der Waals surface area contributed by atoms with Gasteiger partial charge in [0.15, 0.2) is 0 Å². The zero-order valence-electron chi connectivity index (χ0n) is 17.1. The normalized spacial score (nSPS) is 15.2. The first kappa shape index (κ1) is 19.8. The van der Waals surface area contributed by atoms with Crippen LogP contribution in [0.2, 0.25) is 0 Å². The largest absolute Gasteiger partial charge is 0.384 e. The van der Waals surface area contributed by atoms with Crippen molar-refractivity contribution in [2.24, 2.45) is 16.8 Å². The first-order chi connectivity index (χ1) is 13.3. The maximum Gasteiger partial charge on any atom is 0.365 e. The molecule has 1 atom stereocenters. The Morgan fingerprint density at radius 3 is 2.46 bits per heavy atom. The van der Waals surface area contributed by atoms with Crippen molar-refractivity contribution in [1.29, 1.82) is 0 Å². The van der Waals surface area contributed by atoms with Crippen LogP contribution in [0.15, 0.2) is 29.4 Å². The van der Waals surface area contributed by atoms with Gasteiger partial charge < -0.3 is 15.5 Å². The van der Waals surface area contributed by atoms with E-state index in [9.17, 15) is 4.79 Å². The van der Waals surface area contributed by atoms with E-state index in [1.165, 1.54) is 0 Å². The average molecular weight is 381 g/mol. The van der Waals surface area contributed by atoms with Crippen molar-refractivity contribution in [2.75, 3.05) is 11.9 Å². The summed E-state index contributed by atoms with van der Waals surface area (Å²) >= 11 is 0. The number of aromatic nitrogens is 2. The molecule has 148 valence electrons. The van der Waals surface area contributed by atoms with Crippen LogP contribution >= 0.6 is 0 Å². The van der Waals surface area contributed by atoms with Crippen LogP contribution in [0.3, 0.4) is 0 Å². The first-order valence-corrected chi connectivity index (χ1v) is 9.47. The van der Waals surface area contributed by atoms with Crippen molar-refractivity contribution < 1.29 is 9.63 Å². The molecule has 0 bridgehead atoms. The van der Waals surface area contributed by atoms with E-state index in [4.69, 9.17) is 10.6 Å². The van der Waals surface area contributed by atoms with Gasteiger partial charge in [-0.05, 0) is 58.2 Å². The molecule has 2 N–H and O–H groups in total. The summed E-state index contributed by atoms with van der Waals surface area (Å²) in [7, 11) is 2.01. The predicted octanol–water partition coefficient (Wildman–Crippen LogP) is 3.44. The third-order valence-corrected chi connectivity index (χ3v) is 5.25. The van der Waals surface area contributed by atoms with Gasteiger partial charge in [0.2, 0.25) is 0 Å². The zero-order valence-corrected chi connectivity index (χ0v) is 17.1. The first-order valence-electron chi connectivity index (χ1n) is 9.47. The molecule has 1 fully saturated rings. The number of anilines is 1. The van der Waals surface area contributed by atoms with Gasteiger partial charge in [0.05, 0.1) is 11.6 Å². The molecule has 1 aromatic heterocycles. The Morgan fingerprint density at radius 2 is 1.86 bits per heavy atom. The number of nitrogens with zero attached hydrogens (tertiary/aromatic N) is 4. The summed E-state index contributed by atoms with van der Waals surface area (Å²) in [6.45, 7) is 8.01. The number of hydrogen-bond acceptors (Lipinski definition) is 6. The van der Waals surface area contributed by atoms with Crippen LogP contribution in [0.5, 0.6) is 0 Å². The van der Waals surface area contributed by atoms with E-state index >= 15 is 0 Å². The highest BCUT2D eigenvalue weighted by Crippen LogP contribution is 2.29. The molecule has 0 spiro atoms. The maximum atomic E-state index is 12.1. The van der Waals surface area contributed by atoms with Crippen LogP contribution in [0.1, 0.15) is 58.8 Å². The molecule has 0 saturated heterocycles. The number of aryl methyl sites for hydroxylation is 2. The van der Waals surface area contributed by atoms with Gasteiger partial charge in [-0.3, -0.25) is 0 Å². The Bertz CT molecular complexity index is 904. The molecule has 3 rings (SSSR count). The van der Waals surface area contributed by atoms with Gasteiger partial charge >= 0.3 is 5.97 Å². The fraction of sp³-hybridized carbons (Fsp3) is 0.429. The molecule has 0 aliphatic heterocycles. The van der Waals surface area contributed by atoms with E-state index in [0.717, 1.165) is 41.3 Å². The van der Waals surface area contributed by atoms with Gasteiger partial charge in [-0.2, -0.15) is 0 Å². The molecule has 1 aliphatic carbocycles. The fourth-order valence-corrected chi connectivity index (χ4v) is 3.00. The van der Waals surface area contributed by atoms with Gasteiger partial charge in [-0.15, -0.1) is 0 Å². The van der Waals surface area contributed by atoms with Crippen LogP contribution in [0, 0.1) is 26.7 Å². The summed E-state index contributed by atoms with van der Waals surface area (Å²) in [5.41, 5.74) is 9.29. The quantitative estimate of drug-likeness (QED) is 0.356. The Kier molecular flexibility index (Phi) is 5.63. The summed E-state index contributed by atoms with van der Waals surface area (Å²) in [6, 6.07) is 7.40. The van der Waals surface area contributed by atoms with Gasteiger partial charge in [0.1, 0.15) is 17.5 Å². The van der Waals surface area contributed by atoms with Crippen molar-refractivity contribution in [3.63, 3.8) is 0 Å². The van der Waals surface area contributed by atoms with Crippen LogP contribution < -0.4 is 10.6 Å². The van der Waals surface area contributed by atoms with Gasteiger partial charge in [0.25, 0.3) is 0 Å². The lowest BCUT2D eigenvalue weighted by Crippen LogP contribution is -2.24. The lowest BCUT2D eigenvalue weighted by Gasteiger charge is -2.28. The van der Waals surface area contributed by atoms with Gasteiger partial charge in [-0.25, -0.2) is 14.8 Å². The number of nitrogens with two attached hydrogens (primary N) is 1. The number of amidine groups is 1. The number of benzene rings is 1. The minimum absolute atomic E-state index is 0.0704. The number of carbonyl (C=O) groups excluding carboxylic acids is 1. The molecule has 28 heavy (non-hydrogen) atoms. The van der Waals surface area contributed by atoms with E-state index in [2.05, 4.69) is 26.9 Å². The van der Waals surface area contributed by atoms with Crippen molar-refractivity contribution in [3.05, 3.63) is 52.5 Å². The molecule has 0 amide bonds. The van der Waals surface area contributed by atoms with Crippen LogP contribution in [-0.2, 0) is 4.84 Å². The lowest BCUT2D eigenvalue weighted by atomic mass is 10.0. The van der Waals surface area contributed by atoms with E-state index in [1.54, 1.807) is 12.1 Å². The Hall–Kier alpha value is -2.96. The standard InChI is InChI=1S/C21H27N5O2/c1-12-13(2)23-15(4)24-20(12)26(5)14(3)16-6-10-18(11-7-16)21(27)28-25-19(22)17-8-9-17/h6-7,10-11,14,17H,8-9H2,1-5H3,(H2,22,25). The highest BCUT2D eigenvalue weighted by atomic mass is 16.7. The minimum Gasteiger partial charge on any atom is -0.384 e. The topological polar surface area (TPSA) is 93.7 Å². The monoisotopic (exact) mass is 381 g/mol. The summed E-state index contributed by atoms with van der Waals surface area (Å²) < 4.78 is 0. The molecule has 1 unspecified atom stereocenters. The number of carbonyl (C=O) groups is 1. The minimum atomic E-state index is -0.506. The summed E-state index contributed by atoms with van der Waals surface area (Å²) in [5, 5.41) is 3.74. The smallest absolute Gasteiger partial charge is 0.365 e. The Morgan fingerprint density at radius 1 is 1.21 bits per heavy atom. The van der Waals surface area contributed by atoms with Crippen molar-refractivity contribution >= 4 is 17.6 Å². The van der Waals surface area contributed by atoms with Crippen LogP contribution in [-0.4, -0.2) is 28.8 Å². The molecule has 1 aromatic carbocycles. The SMILES string of the molecule is Cc1nc(C)c(C)c(N(C)C(C)c2ccc(C(=O)O/N=C(\N)C3CC3)cc2)n1. The third kappa shape index (κ3) is 4.30. The Balaban J connectivity index is 1.72. The molecule has 7 nitrogen and oxygen atoms in total. The average Bonchev–Trinajstić information content (AvgIpc) is 3.53. The van der Waals surface area contributed by atoms with E-state index in [0.29, 0.717) is 11.4 Å². The number of hydrogen-bond donors (Lipinski definition) is 1. The maximum absolute atomic E-state index is 12.1. The lowest BCUT2D eigenvalue weighted by molar-refractivity contribution is 0.0514. The van der Waals surface area contributed by atoms with E-state index in [-0.39, 0.29) is 12.0 Å². The van der Waals surface area contributed by atoms with E-state index < -0.39 is 5.97 Å². The van der Waals surface area contributed by atoms with Crippen molar-refractivity contribution in [2.45, 2.75) is 46.6 Å². The third-order valence-electron chi connectivity index (χ3n) is 5.25.